The molecule has 0 bridgehead atoms. The van der Waals surface area contributed by atoms with Crippen LogP contribution in [-0.2, 0) is 19.4 Å². The van der Waals surface area contributed by atoms with E-state index in [1.54, 1.807) is 0 Å². The number of aryl methyl sites for hydroxylation is 2. The minimum absolute atomic E-state index is 0.373. The molecule has 0 radical (unpaired) electrons. The van der Waals surface area contributed by atoms with Gasteiger partial charge in [-0.1, -0.05) is 41.9 Å². The Labute approximate surface area is 130 Å². The van der Waals surface area contributed by atoms with Crippen LogP contribution >= 0.6 is 23.2 Å². The molecule has 2 nitrogen and oxygen atoms in total. The van der Waals surface area contributed by atoms with Gasteiger partial charge in [0.2, 0.25) is 0 Å². The van der Waals surface area contributed by atoms with Gasteiger partial charge in [0.15, 0.2) is 0 Å². The van der Waals surface area contributed by atoms with Gasteiger partial charge < -0.3 is 0 Å². The SMILES string of the molecule is CCn1nc(C)c(Cl)c1CC(CCl)Cc1ccccc1. The Kier molecular flexibility index (Phi) is 5.50. The largest absolute Gasteiger partial charge is 0.268 e. The number of rotatable bonds is 6. The molecule has 20 heavy (non-hydrogen) atoms. The molecule has 1 aromatic heterocycles. The highest BCUT2D eigenvalue weighted by molar-refractivity contribution is 6.31. The van der Waals surface area contributed by atoms with Crippen LogP contribution in [0.25, 0.3) is 0 Å². The van der Waals surface area contributed by atoms with Gasteiger partial charge in [0, 0.05) is 12.4 Å². The fourth-order valence-electron chi connectivity index (χ4n) is 2.47. The topological polar surface area (TPSA) is 17.8 Å². The summed E-state index contributed by atoms with van der Waals surface area (Å²) >= 11 is 12.5. The molecular weight excluding hydrogens is 291 g/mol. The van der Waals surface area contributed by atoms with Crippen molar-refractivity contribution in [2.24, 2.45) is 5.92 Å². The fourth-order valence-corrected chi connectivity index (χ4v) is 2.90. The zero-order valence-electron chi connectivity index (χ0n) is 11.9. The molecular formula is C16H20Cl2N2. The van der Waals surface area contributed by atoms with Crippen molar-refractivity contribution in [1.29, 1.82) is 0 Å². The first-order valence-electron chi connectivity index (χ1n) is 6.97. The second kappa shape index (κ2) is 7.14. The average Bonchev–Trinajstić information content (AvgIpc) is 2.75. The van der Waals surface area contributed by atoms with E-state index in [2.05, 4.69) is 36.3 Å². The van der Waals surface area contributed by atoms with Gasteiger partial charge in [-0.2, -0.15) is 5.10 Å². The van der Waals surface area contributed by atoms with Gasteiger partial charge in [0.1, 0.15) is 0 Å². The Balaban J connectivity index is 2.14. The molecule has 0 N–H and O–H groups in total. The number of alkyl halides is 1. The number of halogens is 2. The van der Waals surface area contributed by atoms with Crippen LogP contribution in [0.1, 0.15) is 23.9 Å². The summed E-state index contributed by atoms with van der Waals surface area (Å²) in [6, 6.07) is 10.4. The fraction of sp³-hybridized carbons (Fsp3) is 0.438. The first-order valence-corrected chi connectivity index (χ1v) is 7.88. The van der Waals surface area contributed by atoms with Gasteiger partial charge in [-0.05, 0) is 38.2 Å². The Bertz CT molecular complexity index is 549. The standard InChI is InChI=1S/C16H20Cl2N2/c1-3-20-15(16(18)12(2)19-20)10-14(11-17)9-13-7-5-4-6-8-13/h4-8,14H,3,9-11H2,1-2H3. The lowest BCUT2D eigenvalue weighted by Crippen LogP contribution is -2.14. The van der Waals surface area contributed by atoms with Crippen molar-refractivity contribution in [3.63, 3.8) is 0 Å². The highest BCUT2D eigenvalue weighted by Crippen LogP contribution is 2.25. The lowest BCUT2D eigenvalue weighted by atomic mass is 9.96. The van der Waals surface area contributed by atoms with E-state index in [0.717, 1.165) is 35.8 Å². The maximum Gasteiger partial charge on any atom is 0.0847 e. The van der Waals surface area contributed by atoms with Gasteiger partial charge >= 0.3 is 0 Å². The van der Waals surface area contributed by atoms with Crippen LogP contribution in [0, 0.1) is 12.8 Å². The first-order chi connectivity index (χ1) is 9.65. The minimum atomic E-state index is 0.373. The second-order valence-corrected chi connectivity index (χ2v) is 5.76. The molecule has 0 saturated heterocycles. The molecule has 1 heterocycles. The number of benzene rings is 1. The van der Waals surface area contributed by atoms with Gasteiger partial charge in [0.25, 0.3) is 0 Å². The van der Waals surface area contributed by atoms with E-state index in [4.69, 9.17) is 23.2 Å². The Morgan fingerprint density at radius 2 is 1.90 bits per heavy atom. The van der Waals surface area contributed by atoms with Crippen molar-refractivity contribution in [2.45, 2.75) is 33.2 Å². The molecule has 4 heteroatoms. The number of hydrogen-bond acceptors (Lipinski definition) is 1. The predicted octanol–water partition coefficient (Wildman–Crippen LogP) is 4.51. The zero-order valence-corrected chi connectivity index (χ0v) is 13.5. The van der Waals surface area contributed by atoms with Crippen molar-refractivity contribution < 1.29 is 0 Å². The number of nitrogens with zero attached hydrogens (tertiary/aromatic N) is 2. The summed E-state index contributed by atoms with van der Waals surface area (Å²) in [4.78, 5) is 0. The van der Waals surface area contributed by atoms with Gasteiger partial charge in [-0.25, -0.2) is 0 Å². The normalized spacial score (nSPS) is 12.6. The van der Waals surface area contributed by atoms with Gasteiger partial charge in [-0.15, -0.1) is 11.6 Å². The van der Waals surface area contributed by atoms with E-state index in [0.29, 0.717) is 11.8 Å². The summed E-state index contributed by atoms with van der Waals surface area (Å²) in [6.07, 6.45) is 1.83. The van der Waals surface area contributed by atoms with Crippen LogP contribution in [0.4, 0.5) is 0 Å². The summed E-state index contributed by atoms with van der Waals surface area (Å²) < 4.78 is 1.99. The number of hydrogen-bond donors (Lipinski definition) is 0. The highest BCUT2D eigenvalue weighted by atomic mass is 35.5. The quantitative estimate of drug-likeness (QED) is 0.718. The molecule has 0 amide bonds. The van der Waals surface area contributed by atoms with Crippen molar-refractivity contribution in [3.8, 4) is 0 Å². The molecule has 0 aliphatic heterocycles. The van der Waals surface area contributed by atoms with E-state index < -0.39 is 0 Å². The smallest absolute Gasteiger partial charge is 0.0847 e. The van der Waals surface area contributed by atoms with Crippen LogP contribution in [0.3, 0.4) is 0 Å². The summed E-state index contributed by atoms with van der Waals surface area (Å²) in [7, 11) is 0. The van der Waals surface area contributed by atoms with E-state index in [1.807, 2.05) is 17.7 Å². The molecule has 1 unspecified atom stereocenters. The minimum Gasteiger partial charge on any atom is -0.268 e. The van der Waals surface area contributed by atoms with Gasteiger partial charge in [-0.3, -0.25) is 4.68 Å². The van der Waals surface area contributed by atoms with Crippen molar-refractivity contribution in [1.82, 2.24) is 9.78 Å². The molecule has 0 aliphatic rings. The van der Waals surface area contributed by atoms with E-state index in [9.17, 15) is 0 Å². The highest BCUT2D eigenvalue weighted by Gasteiger charge is 2.17. The van der Waals surface area contributed by atoms with E-state index in [1.165, 1.54) is 5.56 Å². The van der Waals surface area contributed by atoms with E-state index in [-0.39, 0.29) is 0 Å². The van der Waals surface area contributed by atoms with Crippen LogP contribution < -0.4 is 0 Å². The molecule has 2 rings (SSSR count). The van der Waals surface area contributed by atoms with Crippen LogP contribution in [0.5, 0.6) is 0 Å². The van der Waals surface area contributed by atoms with Crippen molar-refractivity contribution in [2.75, 3.05) is 5.88 Å². The third-order valence-electron chi connectivity index (χ3n) is 3.52. The Hall–Kier alpha value is -0.990. The first kappa shape index (κ1) is 15.4. The average molecular weight is 311 g/mol. The Morgan fingerprint density at radius 1 is 1.20 bits per heavy atom. The van der Waals surface area contributed by atoms with Gasteiger partial charge in [0.05, 0.1) is 16.4 Å². The molecule has 108 valence electrons. The summed E-state index contributed by atoms with van der Waals surface area (Å²) in [5.41, 5.74) is 3.32. The van der Waals surface area contributed by atoms with Crippen LogP contribution in [-0.4, -0.2) is 15.7 Å². The molecule has 2 aromatic rings. The lowest BCUT2D eigenvalue weighted by molar-refractivity contribution is 0.532. The summed E-state index contributed by atoms with van der Waals surface area (Å²) in [5.74, 6) is 0.997. The second-order valence-electron chi connectivity index (χ2n) is 5.08. The van der Waals surface area contributed by atoms with E-state index >= 15 is 0 Å². The summed E-state index contributed by atoms with van der Waals surface area (Å²) in [5, 5.41) is 5.25. The molecule has 1 aromatic carbocycles. The molecule has 1 atom stereocenters. The monoisotopic (exact) mass is 310 g/mol. The molecule has 0 fully saturated rings. The maximum absolute atomic E-state index is 6.37. The number of aromatic nitrogens is 2. The lowest BCUT2D eigenvalue weighted by Gasteiger charge is -2.15. The predicted molar refractivity (Wildman–Crippen MR) is 85.7 cm³/mol. The summed E-state index contributed by atoms with van der Waals surface area (Å²) in [6.45, 7) is 4.87. The van der Waals surface area contributed by atoms with Crippen LogP contribution in [0.2, 0.25) is 5.02 Å². The maximum atomic E-state index is 6.37. The molecule has 0 aliphatic carbocycles. The third kappa shape index (κ3) is 3.56. The Morgan fingerprint density at radius 3 is 2.50 bits per heavy atom. The van der Waals surface area contributed by atoms with Crippen LogP contribution in [0.15, 0.2) is 30.3 Å². The van der Waals surface area contributed by atoms with Crippen molar-refractivity contribution >= 4 is 23.2 Å². The third-order valence-corrected chi connectivity index (χ3v) is 4.45. The molecule has 0 saturated carbocycles. The molecule has 0 spiro atoms. The zero-order chi connectivity index (χ0) is 14.5. The van der Waals surface area contributed by atoms with Crippen molar-refractivity contribution in [3.05, 3.63) is 52.3 Å².